The molecule has 0 spiro atoms. The zero-order valence-corrected chi connectivity index (χ0v) is 12.3. The van der Waals surface area contributed by atoms with Gasteiger partial charge in [-0.3, -0.25) is 4.98 Å². The second-order valence-corrected chi connectivity index (χ2v) is 5.59. The van der Waals surface area contributed by atoms with Crippen molar-refractivity contribution >= 4 is 17.3 Å². The third-order valence-corrected chi connectivity index (χ3v) is 3.61. The van der Waals surface area contributed by atoms with Gasteiger partial charge in [-0.1, -0.05) is 0 Å². The van der Waals surface area contributed by atoms with Gasteiger partial charge in [0.05, 0.1) is 28.6 Å². The molecule has 0 saturated heterocycles. The number of thiazole rings is 1. The Bertz CT molecular complexity index is 620. The van der Waals surface area contributed by atoms with Crippen LogP contribution in [0.5, 0.6) is 0 Å². The van der Waals surface area contributed by atoms with Gasteiger partial charge in [0.1, 0.15) is 5.69 Å². The van der Waals surface area contributed by atoms with Gasteiger partial charge in [-0.15, -0.1) is 11.3 Å². The second-order valence-electron chi connectivity index (χ2n) is 4.19. The van der Waals surface area contributed by atoms with Gasteiger partial charge < -0.3 is 4.74 Å². The fourth-order valence-electron chi connectivity index (χ4n) is 1.88. The quantitative estimate of drug-likeness (QED) is 0.807. The Morgan fingerprint density at radius 2 is 2.00 bits per heavy atom. The van der Waals surface area contributed by atoms with Crippen molar-refractivity contribution in [1.82, 2.24) is 9.97 Å². The van der Waals surface area contributed by atoms with E-state index in [2.05, 4.69) is 9.97 Å². The van der Waals surface area contributed by atoms with Gasteiger partial charge in [-0.05, 0) is 39.8 Å². The molecule has 0 aromatic carbocycles. The number of aromatic nitrogens is 2. The van der Waals surface area contributed by atoms with E-state index in [0.717, 1.165) is 21.3 Å². The Kier molecular flexibility index (Phi) is 3.95. The molecule has 0 aliphatic carbocycles. The third-order valence-electron chi connectivity index (χ3n) is 2.73. The summed E-state index contributed by atoms with van der Waals surface area (Å²) >= 11 is 1.65. The molecule has 2 rings (SSSR count). The first kappa shape index (κ1) is 13.7. The van der Waals surface area contributed by atoms with Crippen molar-refractivity contribution in [3.05, 3.63) is 33.3 Å². The average Bonchev–Trinajstić information content (AvgIpc) is 2.68. The molecular weight excluding hydrogens is 260 g/mol. The van der Waals surface area contributed by atoms with E-state index in [1.807, 2.05) is 26.8 Å². The largest absolute Gasteiger partial charge is 0.462 e. The van der Waals surface area contributed by atoms with Gasteiger partial charge >= 0.3 is 5.97 Å². The molecule has 0 N–H and O–H groups in total. The lowest BCUT2D eigenvalue weighted by Crippen LogP contribution is -2.08. The fraction of sp³-hybridized carbons (Fsp3) is 0.357. The monoisotopic (exact) mass is 276 g/mol. The molecule has 0 fully saturated rings. The van der Waals surface area contributed by atoms with Crippen molar-refractivity contribution in [3.63, 3.8) is 0 Å². The highest BCUT2D eigenvalue weighted by Gasteiger charge is 2.14. The molecule has 2 aromatic rings. The first-order chi connectivity index (χ1) is 9.02. The van der Waals surface area contributed by atoms with Crippen LogP contribution in [0.15, 0.2) is 12.1 Å². The molecule has 0 aliphatic rings. The van der Waals surface area contributed by atoms with E-state index in [1.54, 1.807) is 24.3 Å². The van der Waals surface area contributed by atoms with E-state index >= 15 is 0 Å². The minimum absolute atomic E-state index is 0.328. The molecule has 2 aromatic heterocycles. The Hall–Kier alpha value is -1.75. The van der Waals surface area contributed by atoms with Crippen molar-refractivity contribution in [2.75, 3.05) is 6.61 Å². The summed E-state index contributed by atoms with van der Waals surface area (Å²) in [4.78, 5) is 21.8. The van der Waals surface area contributed by atoms with Gasteiger partial charge in [0.2, 0.25) is 0 Å². The van der Waals surface area contributed by atoms with E-state index < -0.39 is 0 Å². The van der Waals surface area contributed by atoms with Gasteiger partial charge in [0, 0.05) is 4.88 Å². The Morgan fingerprint density at radius 3 is 2.53 bits per heavy atom. The topological polar surface area (TPSA) is 52.1 Å². The number of carbonyl (C=O) groups excluding carboxylic acids is 1. The normalized spacial score (nSPS) is 10.5. The summed E-state index contributed by atoms with van der Waals surface area (Å²) in [5.74, 6) is -0.328. The lowest BCUT2D eigenvalue weighted by atomic mass is 10.1. The van der Waals surface area contributed by atoms with Crippen molar-refractivity contribution in [2.45, 2.75) is 27.7 Å². The van der Waals surface area contributed by atoms with E-state index in [0.29, 0.717) is 17.9 Å². The van der Waals surface area contributed by atoms with Gasteiger partial charge in [0.15, 0.2) is 0 Å². The molecule has 0 saturated carbocycles. The number of nitrogens with zero attached hydrogens (tertiary/aromatic N) is 2. The van der Waals surface area contributed by atoms with Crippen LogP contribution < -0.4 is 0 Å². The minimum Gasteiger partial charge on any atom is -0.462 e. The summed E-state index contributed by atoms with van der Waals surface area (Å²) in [6, 6.07) is 3.57. The molecule has 100 valence electrons. The average molecular weight is 276 g/mol. The van der Waals surface area contributed by atoms with Crippen molar-refractivity contribution in [3.8, 4) is 11.4 Å². The summed E-state index contributed by atoms with van der Waals surface area (Å²) in [6.07, 6.45) is 0. The number of hydrogen-bond acceptors (Lipinski definition) is 5. The van der Waals surface area contributed by atoms with Crippen LogP contribution in [0.2, 0.25) is 0 Å². The highest BCUT2D eigenvalue weighted by Crippen LogP contribution is 2.26. The molecule has 0 aliphatic heterocycles. The molecular formula is C14H16N2O2S. The Morgan fingerprint density at radius 1 is 1.26 bits per heavy atom. The van der Waals surface area contributed by atoms with Crippen LogP contribution in [-0.2, 0) is 4.74 Å². The van der Waals surface area contributed by atoms with Crippen LogP contribution in [0.3, 0.4) is 0 Å². The first-order valence-electron chi connectivity index (χ1n) is 6.12. The molecule has 0 atom stereocenters. The van der Waals surface area contributed by atoms with Gasteiger partial charge in [-0.2, -0.15) is 0 Å². The standard InChI is InChI=1S/C14H16N2O2S/c1-5-18-14(17)11-6-7-12(15-8(11)2)13-9(3)19-10(4)16-13/h6-7H,5H2,1-4H3. The number of esters is 1. The minimum atomic E-state index is -0.328. The highest BCUT2D eigenvalue weighted by molar-refractivity contribution is 7.11. The molecule has 5 heteroatoms. The van der Waals surface area contributed by atoms with E-state index in [-0.39, 0.29) is 5.97 Å². The number of carbonyl (C=O) groups is 1. The maximum absolute atomic E-state index is 11.7. The number of aryl methyl sites for hydroxylation is 3. The first-order valence-corrected chi connectivity index (χ1v) is 6.93. The number of rotatable bonds is 3. The Labute approximate surface area is 116 Å². The van der Waals surface area contributed by atoms with Crippen LogP contribution in [-0.4, -0.2) is 22.5 Å². The number of ether oxygens (including phenoxy) is 1. The van der Waals surface area contributed by atoms with Crippen LogP contribution in [0.1, 0.15) is 32.9 Å². The number of hydrogen-bond donors (Lipinski definition) is 0. The number of pyridine rings is 1. The molecule has 0 unspecified atom stereocenters. The van der Waals surface area contributed by atoms with Gasteiger partial charge in [0.25, 0.3) is 0 Å². The molecule has 0 radical (unpaired) electrons. The third kappa shape index (κ3) is 2.81. The maximum atomic E-state index is 11.7. The lowest BCUT2D eigenvalue weighted by Gasteiger charge is -2.06. The van der Waals surface area contributed by atoms with Crippen LogP contribution in [0.4, 0.5) is 0 Å². The lowest BCUT2D eigenvalue weighted by molar-refractivity contribution is 0.0525. The van der Waals surface area contributed by atoms with Crippen molar-refractivity contribution in [2.24, 2.45) is 0 Å². The maximum Gasteiger partial charge on any atom is 0.339 e. The molecule has 4 nitrogen and oxygen atoms in total. The SMILES string of the molecule is CCOC(=O)c1ccc(-c2nc(C)sc2C)nc1C. The summed E-state index contributed by atoms with van der Waals surface area (Å²) in [5.41, 5.74) is 2.87. The zero-order chi connectivity index (χ0) is 14.0. The molecule has 19 heavy (non-hydrogen) atoms. The van der Waals surface area contributed by atoms with Gasteiger partial charge in [-0.25, -0.2) is 9.78 Å². The summed E-state index contributed by atoms with van der Waals surface area (Å²) < 4.78 is 4.99. The van der Waals surface area contributed by atoms with E-state index in [9.17, 15) is 4.79 Å². The molecule has 2 heterocycles. The van der Waals surface area contributed by atoms with Crippen LogP contribution in [0, 0.1) is 20.8 Å². The van der Waals surface area contributed by atoms with E-state index in [4.69, 9.17) is 4.74 Å². The van der Waals surface area contributed by atoms with Crippen molar-refractivity contribution < 1.29 is 9.53 Å². The van der Waals surface area contributed by atoms with Crippen LogP contribution in [0.25, 0.3) is 11.4 Å². The smallest absolute Gasteiger partial charge is 0.339 e. The predicted molar refractivity (Wildman–Crippen MR) is 75.5 cm³/mol. The highest BCUT2D eigenvalue weighted by atomic mass is 32.1. The summed E-state index contributed by atoms with van der Waals surface area (Å²) in [6.45, 7) is 7.96. The fourth-order valence-corrected chi connectivity index (χ4v) is 2.71. The predicted octanol–water partition coefficient (Wildman–Crippen LogP) is 3.31. The molecule has 0 amide bonds. The second kappa shape index (κ2) is 5.48. The Balaban J connectivity index is 2.39. The van der Waals surface area contributed by atoms with Crippen LogP contribution >= 0.6 is 11.3 Å². The summed E-state index contributed by atoms with van der Waals surface area (Å²) in [7, 11) is 0. The van der Waals surface area contributed by atoms with Crippen molar-refractivity contribution in [1.29, 1.82) is 0 Å². The molecule has 0 bridgehead atoms. The van der Waals surface area contributed by atoms with E-state index in [1.165, 1.54) is 0 Å². The summed E-state index contributed by atoms with van der Waals surface area (Å²) in [5, 5.41) is 1.02. The zero-order valence-electron chi connectivity index (χ0n) is 11.5.